The molecular weight excluding hydrogens is 389 g/mol. The van der Waals surface area contributed by atoms with Crippen LogP contribution < -0.4 is 9.47 Å². The average Bonchev–Trinajstić information content (AvgIpc) is 3.17. The van der Waals surface area contributed by atoms with Crippen molar-refractivity contribution in [2.24, 2.45) is 0 Å². The van der Waals surface area contributed by atoms with Crippen molar-refractivity contribution < 1.29 is 23.4 Å². The largest absolute Gasteiger partial charge is 0.493 e. The second kappa shape index (κ2) is 8.71. The number of benzene rings is 2. The Morgan fingerprint density at radius 2 is 2.00 bits per heavy atom. The molecule has 0 radical (unpaired) electrons. The highest BCUT2D eigenvalue weighted by Crippen LogP contribution is 2.33. The van der Waals surface area contributed by atoms with Crippen molar-refractivity contribution in [3.63, 3.8) is 0 Å². The number of carbonyl (C=O) groups is 1. The number of aromatic amines is 1. The predicted octanol–water partition coefficient (Wildman–Crippen LogP) is 4.03. The van der Waals surface area contributed by atoms with Crippen molar-refractivity contribution >= 4 is 17.6 Å². The highest BCUT2D eigenvalue weighted by atomic mass is 35.5. The van der Waals surface area contributed by atoms with Crippen molar-refractivity contribution in [1.82, 2.24) is 15.4 Å². The quantitative estimate of drug-likeness (QED) is 0.597. The first-order valence-corrected chi connectivity index (χ1v) is 8.74. The number of nitrogens with zero attached hydrogens (tertiary/aromatic N) is 2. The molecule has 0 unspecified atom stereocenters. The van der Waals surface area contributed by atoms with Gasteiger partial charge in [-0.25, -0.2) is 9.18 Å². The molecule has 1 heterocycles. The van der Waals surface area contributed by atoms with Crippen LogP contribution in [0.1, 0.15) is 23.0 Å². The second-order valence-electron chi connectivity index (χ2n) is 5.63. The zero-order valence-electron chi connectivity index (χ0n) is 15.2. The lowest BCUT2D eigenvalue weighted by atomic mass is 10.1. The van der Waals surface area contributed by atoms with Crippen molar-refractivity contribution in [3.05, 3.63) is 58.5 Å². The molecule has 0 saturated carbocycles. The highest BCUT2D eigenvalue weighted by molar-refractivity contribution is 6.31. The normalized spacial score (nSPS) is 10.6. The van der Waals surface area contributed by atoms with Gasteiger partial charge in [0.05, 0.1) is 18.7 Å². The fraction of sp³-hybridized carbons (Fsp3) is 0.211. The van der Waals surface area contributed by atoms with Crippen LogP contribution >= 0.6 is 11.6 Å². The Morgan fingerprint density at radius 1 is 1.18 bits per heavy atom. The van der Waals surface area contributed by atoms with Gasteiger partial charge < -0.3 is 14.2 Å². The Morgan fingerprint density at radius 3 is 2.71 bits per heavy atom. The third kappa shape index (κ3) is 4.23. The molecule has 7 nitrogen and oxygen atoms in total. The number of esters is 1. The molecule has 0 atom stereocenters. The van der Waals surface area contributed by atoms with Gasteiger partial charge in [-0.05, 0) is 37.3 Å². The van der Waals surface area contributed by atoms with Crippen molar-refractivity contribution in [2.75, 3.05) is 13.7 Å². The lowest BCUT2D eigenvalue weighted by Gasteiger charge is -2.13. The molecule has 0 aliphatic rings. The number of aromatic nitrogens is 3. The summed E-state index contributed by atoms with van der Waals surface area (Å²) in [7, 11) is 1.51. The molecule has 0 aliphatic heterocycles. The van der Waals surface area contributed by atoms with Gasteiger partial charge in [-0.3, -0.25) is 0 Å². The van der Waals surface area contributed by atoms with Gasteiger partial charge >= 0.3 is 5.97 Å². The van der Waals surface area contributed by atoms with Gasteiger partial charge in [0.15, 0.2) is 17.2 Å². The first-order chi connectivity index (χ1) is 13.5. The highest BCUT2D eigenvalue weighted by Gasteiger charge is 2.20. The number of hydrogen-bond donors (Lipinski definition) is 1. The Balaban J connectivity index is 1.89. The number of halogens is 2. The summed E-state index contributed by atoms with van der Waals surface area (Å²) in [4.78, 5) is 12.0. The number of carbonyl (C=O) groups excluding carboxylic acids is 1. The molecule has 9 heteroatoms. The van der Waals surface area contributed by atoms with Crippen LogP contribution in [0, 0.1) is 5.82 Å². The summed E-state index contributed by atoms with van der Waals surface area (Å²) in [5.41, 5.74) is 1.59. The molecule has 0 aliphatic carbocycles. The zero-order chi connectivity index (χ0) is 20.1. The topological polar surface area (TPSA) is 86.3 Å². The summed E-state index contributed by atoms with van der Waals surface area (Å²) in [6, 6.07) is 9.13. The molecule has 3 aromatic rings. The van der Waals surface area contributed by atoms with E-state index in [0.717, 1.165) is 0 Å². The van der Waals surface area contributed by atoms with Gasteiger partial charge in [-0.15, -0.1) is 5.10 Å². The van der Waals surface area contributed by atoms with E-state index >= 15 is 0 Å². The molecule has 1 aromatic heterocycles. The molecule has 0 spiro atoms. The monoisotopic (exact) mass is 405 g/mol. The van der Waals surface area contributed by atoms with Crippen LogP contribution in [0.3, 0.4) is 0 Å². The molecule has 146 valence electrons. The third-order valence-corrected chi connectivity index (χ3v) is 4.20. The van der Waals surface area contributed by atoms with E-state index in [1.54, 1.807) is 31.2 Å². The van der Waals surface area contributed by atoms with E-state index in [-0.39, 0.29) is 23.9 Å². The van der Waals surface area contributed by atoms with E-state index in [1.807, 2.05) is 0 Å². The van der Waals surface area contributed by atoms with Crippen LogP contribution in [0.2, 0.25) is 5.02 Å². The number of nitrogens with one attached hydrogen (secondary N) is 1. The van der Waals surface area contributed by atoms with Gasteiger partial charge in [0, 0.05) is 11.1 Å². The van der Waals surface area contributed by atoms with Gasteiger partial charge in [-0.1, -0.05) is 17.7 Å². The molecule has 3 rings (SSSR count). The molecule has 0 amide bonds. The number of H-pyrrole nitrogens is 1. The van der Waals surface area contributed by atoms with Crippen LogP contribution in [0.15, 0.2) is 36.4 Å². The summed E-state index contributed by atoms with van der Waals surface area (Å²) in [6.07, 6.45) is 0. The zero-order valence-corrected chi connectivity index (χ0v) is 15.9. The summed E-state index contributed by atoms with van der Waals surface area (Å²) in [5, 5.41) is 10.6. The van der Waals surface area contributed by atoms with E-state index in [1.165, 1.54) is 19.2 Å². The van der Waals surface area contributed by atoms with Gasteiger partial charge in [0.2, 0.25) is 0 Å². The predicted molar refractivity (Wildman–Crippen MR) is 100 cm³/mol. The maximum atomic E-state index is 13.2. The molecule has 0 bridgehead atoms. The molecule has 28 heavy (non-hydrogen) atoms. The average molecular weight is 406 g/mol. The van der Waals surface area contributed by atoms with E-state index < -0.39 is 11.8 Å². The first kappa shape index (κ1) is 19.6. The number of methoxy groups -OCH3 is 1. The van der Waals surface area contributed by atoms with Gasteiger partial charge in [0.25, 0.3) is 0 Å². The first-order valence-electron chi connectivity index (χ1n) is 8.36. The SMILES string of the molecule is CCOC(=O)c1n[nH]nc1-c1ccc(OC)c(OCc2ccc(F)cc2Cl)c1. The third-order valence-electron chi connectivity index (χ3n) is 3.85. The maximum absolute atomic E-state index is 13.2. The number of rotatable bonds is 7. The summed E-state index contributed by atoms with van der Waals surface area (Å²) in [6.45, 7) is 2.03. The van der Waals surface area contributed by atoms with Crippen LogP contribution in [-0.4, -0.2) is 35.1 Å². The summed E-state index contributed by atoms with van der Waals surface area (Å²) in [5.74, 6) is -0.130. The molecule has 0 saturated heterocycles. The Kier molecular flexibility index (Phi) is 6.10. The Bertz CT molecular complexity index is 993. The van der Waals surface area contributed by atoms with Gasteiger partial charge in [0.1, 0.15) is 18.1 Å². The van der Waals surface area contributed by atoms with E-state index in [4.69, 9.17) is 25.8 Å². The fourth-order valence-corrected chi connectivity index (χ4v) is 2.73. The minimum Gasteiger partial charge on any atom is -0.493 e. The minimum atomic E-state index is -0.581. The Hall–Kier alpha value is -3.13. The van der Waals surface area contributed by atoms with Crippen molar-refractivity contribution in [3.8, 4) is 22.8 Å². The van der Waals surface area contributed by atoms with Crippen LogP contribution in [0.4, 0.5) is 4.39 Å². The summed E-state index contributed by atoms with van der Waals surface area (Å²) < 4.78 is 29.3. The molecule has 2 aromatic carbocycles. The number of hydrogen-bond acceptors (Lipinski definition) is 6. The maximum Gasteiger partial charge on any atom is 0.361 e. The van der Waals surface area contributed by atoms with E-state index in [9.17, 15) is 9.18 Å². The Labute approximate surface area is 165 Å². The fourth-order valence-electron chi connectivity index (χ4n) is 2.50. The van der Waals surface area contributed by atoms with Crippen molar-refractivity contribution in [1.29, 1.82) is 0 Å². The van der Waals surface area contributed by atoms with Crippen LogP contribution in [0.5, 0.6) is 11.5 Å². The van der Waals surface area contributed by atoms with E-state index in [0.29, 0.717) is 28.3 Å². The lowest BCUT2D eigenvalue weighted by molar-refractivity contribution is 0.0520. The minimum absolute atomic E-state index is 0.0690. The lowest BCUT2D eigenvalue weighted by Crippen LogP contribution is -2.07. The molecule has 1 N–H and O–H groups in total. The summed E-state index contributed by atoms with van der Waals surface area (Å²) >= 11 is 6.04. The van der Waals surface area contributed by atoms with Crippen LogP contribution in [-0.2, 0) is 11.3 Å². The van der Waals surface area contributed by atoms with Crippen LogP contribution in [0.25, 0.3) is 11.3 Å². The van der Waals surface area contributed by atoms with Crippen molar-refractivity contribution in [2.45, 2.75) is 13.5 Å². The smallest absolute Gasteiger partial charge is 0.361 e. The second-order valence-corrected chi connectivity index (χ2v) is 6.04. The van der Waals surface area contributed by atoms with Gasteiger partial charge in [-0.2, -0.15) is 10.3 Å². The molecule has 0 fully saturated rings. The standard InChI is InChI=1S/C19H17ClFN3O4/c1-3-27-19(25)18-17(22-24-23-18)11-5-7-15(26-2)16(8-11)28-10-12-4-6-13(21)9-14(12)20/h4-9H,3,10H2,1-2H3,(H,22,23,24). The number of ether oxygens (including phenoxy) is 3. The van der Waals surface area contributed by atoms with E-state index in [2.05, 4.69) is 15.4 Å². The molecular formula is C19H17ClFN3O4.